The second-order valence-corrected chi connectivity index (χ2v) is 9.77. The number of aliphatic carboxylic acids is 1. The van der Waals surface area contributed by atoms with Crippen molar-refractivity contribution >= 4 is 32.7 Å². The predicted octanol–water partition coefficient (Wildman–Crippen LogP) is 1.88. The van der Waals surface area contributed by atoms with Gasteiger partial charge in [0.1, 0.15) is 24.4 Å². The van der Waals surface area contributed by atoms with Gasteiger partial charge in [-0.3, -0.25) is 9.35 Å². The third-order valence-electron chi connectivity index (χ3n) is 5.91. The first-order valence-electron chi connectivity index (χ1n) is 10.3. The van der Waals surface area contributed by atoms with E-state index in [0.717, 1.165) is 39.2 Å². The van der Waals surface area contributed by atoms with Gasteiger partial charge in [-0.05, 0) is 18.2 Å². The van der Waals surface area contributed by atoms with Crippen molar-refractivity contribution in [3.63, 3.8) is 0 Å². The van der Waals surface area contributed by atoms with E-state index in [0.29, 0.717) is 32.7 Å². The molecule has 2 aliphatic rings. The summed E-state index contributed by atoms with van der Waals surface area (Å²) in [5.74, 6) is -0.661. The Bertz CT molecular complexity index is 1330. The van der Waals surface area contributed by atoms with Gasteiger partial charge in [0.15, 0.2) is 12.4 Å². The molecule has 0 spiro atoms. The maximum Gasteiger partial charge on any atom is 0.310 e. The average Bonchev–Trinajstić information content (AvgIpc) is 2.70. The van der Waals surface area contributed by atoms with Crippen LogP contribution in [0.2, 0.25) is 0 Å². The molecule has 0 amide bonds. The fourth-order valence-electron chi connectivity index (χ4n) is 4.14. The quantitative estimate of drug-likeness (QED) is 0.426. The first-order chi connectivity index (χ1) is 15.3. The number of aryl methyl sites for hydroxylation is 1. The van der Waals surface area contributed by atoms with Crippen LogP contribution < -0.4 is 14.2 Å². The molecule has 0 bridgehead atoms. The Morgan fingerprint density at radius 2 is 2.06 bits per heavy atom. The molecular formula is C22H22N3O6S+. The third kappa shape index (κ3) is 3.98. The maximum absolute atomic E-state index is 11.1. The lowest BCUT2D eigenvalue weighted by Gasteiger charge is -2.39. The topological polar surface area (TPSA) is 121 Å². The largest absolute Gasteiger partial charge is 0.488 e. The smallest absolute Gasteiger partial charge is 0.310 e. The van der Waals surface area contributed by atoms with Crippen LogP contribution in [0.4, 0.5) is 5.69 Å². The molecule has 32 heavy (non-hydrogen) atoms. The van der Waals surface area contributed by atoms with Crippen LogP contribution in [0.5, 0.6) is 5.75 Å². The van der Waals surface area contributed by atoms with Crippen molar-refractivity contribution in [1.29, 1.82) is 0 Å². The Balaban J connectivity index is 1.41. The molecular weight excluding hydrogens is 434 g/mol. The number of hydrogen-bond acceptors (Lipinski definition) is 6. The van der Waals surface area contributed by atoms with Crippen LogP contribution in [0.25, 0.3) is 22.2 Å². The fourth-order valence-corrected chi connectivity index (χ4v) is 4.63. The van der Waals surface area contributed by atoms with Crippen molar-refractivity contribution in [3.8, 4) is 17.0 Å². The second kappa shape index (κ2) is 7.72. The minimum atomic E-state index is -3.97. The average molecular weight is 457 g/mol. The number of nitrogens with zero attached hydrogens (tertiary/aromatic N) is 3. The number of ether oxygens (including phenoxy) is 1. The van der Waals surface area contributed by atoms with E-state index in [9.17, 15) is 13.2 Å². The summed E-state index contributed by atoms with van der Waals surface area (Å²) in [7, 11) is -3.97. The molecule has 0 atom stereocenters. The van der Waals surface area contributed by atoms with E-state index in [1.165, 1.54) is 0 Å². The molecule has 4 heterocycles. The van der Waals surface area contributed by atoms with Crippen molar-refractivity contribution in [2.24, 2.45) is 5.92 Å². The van der Waals surface area contributed by atoms with Gasteiger partial charge in [-0.25, -0.2) is 9.55 Å². The van der Waals surface area contributed by atoms with E-state index in [-0.39, 0.29) is 11.7 Å². The second-order valence-electron chi connectivity index (χ2n) is 8.20. The molecule has 5 rings (SSSR count). The Morgan fingerprint density at radius 1 is 1.25 bits per heavy atom. The van der Waals surface area contributed by atoms with Crippen LogP contribution in [0.3, 0.4) is 0 Å². The summed E-state index contributed by atoms with van der Waals surface area (Å²) in [6, 6.07) is 9.82. The van der Waals surface area contributed by atoms with Gasteiger partial charge >= 0.3 is 5.97 Å². The van der Waals surface area contributed by atoms with Gasteiger partial charge in [-0.1, -0.05) is 0 Å². The number of pyridine rings is 2. The molecule has 166 valence electrons. The van der Waals surface area contributed by atoms with Gasteiger partial charge in [-0.2, -0.15) is 8.42 Å². The van der Waals surface area contributed by atoms with Gasteiger partial charge in [0.05, 0.1) is 17.4 Å². The number of aromatic nitrogens is 2. The summed E-state index contributed by atoms with van der Waals surface area (Å²) >= 11 is 0. The number of rotatable bonds is 6. The molecule has 9 nitrogen and oxygen atoms in total. The SMILES string of the molecule is O=C(O)C1CN(c2ccc3c(c2)OCc2cc4cc[n+](CCCS(=O)(=O)O)cc4nc2-3)C1. The minimum absolute atomic E-state index is 0.285. The van der Waals surface area contributed by atoms with Crippen LogP contribution in [0, 0.1) is 5.92 Å². The first kappa shape index (κ1) is 20.7. The van der Waals surface area contributed by atoms with E-state index in [2.05, 4.69) is 0 Å². The maximum atomic E-state index is 11.1. The van der Waals surface area contributed by atoms with Crippen LogP contribution >= 0.6 is 0 Å². The first-order valence-corrected chi connectivity index (χ1v) is 11.9. The Hall–Kier alpha value is -3.24. The molecule has 2 N–H and O–H groups in total. The molecule has 1 aromatic carbocycles. The number of carboxylic acid groups (broad SMARTS) is 1. The molecule has 0 aliphatic carbocycles. The molecule has 2 aliphatic heterocycles. The molecule has 2 aromatic heterocycles. The summed E-state index contributed by atoms with van der Waals surface area (Å²) in [5, 5.41) is 10.0. The highest BCUT2D eigenvalue weighted by Crippen LogP contribution is 2.40. The molecule has 0 saturated carbocycles. The number of fused-ring (bicyclic) bond motifs is 4. The standard InChI is InChI=1S/C22H21N3O6S/c26-22(27)16-10-25(11-16)17-2-3-18-20(9-17)31-13-15-8-14-4-6-24(5-1-7-32(28,29)30)12-19(14)23-21(15)18/h2-4,6,8-9,12,16H,1,5,7,10-11,13H2,(H-,26,27,28,29,30)/p+1. The van der Waals surface area contributed by atoms with Gasteiger partial charge in [0, 0.05) is 53.8 Å². The Morgan fingerprint density at radius 3 is 2.81 bits per heavy atom. The zero-order valence-electron chi connectivity index (χ0n) is 17.1. The molecule has 1 saturated heterocycles. The van der Waals surface area contributed by atoms with Gasteiger partial charge in [0.2, 0.25) is 0 Å². The minimum Gasteiger partial charge on any atom is -0.488 e. The Labute approximate surface area is 184 Å². The van der Waals surface area contributed by atoms with Crippen molar-refractivity contribution in [1.82, 2.24) is 4.98 Å². The van der Waals surface area contributed by atoms with E-state index >= 15 is 0 Å². The summed E-state index contributed by atoms with van der Waals surface area (Å²) in [6.45, 7) is 1.83. The lowest BCUT2D eigenvalue weighted by Crippen LogP contribution is -2.50. The van der Waals surface area contributed by atoms with Crippen molar-refractivity contribution < 1.29 is 32.2 Å². The summed E-state index contributed by atoms with van der Waals surface area (Å²) in [5.41, 5.74) is 4.42. The normalized spacial score (nSPS) is 15.6. The van der Waals surface area contributed by atoms with Crippen molar-refractivity contribution in [2.45, 2.75) is 19.6 Å². The van der Waals surface area contributed by atoms with E-state index in [1.807, 2.05) is 52.2 Å². The number of carboxylic acids is 1. The van der Waals surface area contributed by atoms with Crippen molar-refractivity contribution in [2.75, 3.05) is 23.7 Å². The monoisotopic (exact) mass is 456 g/mol. The van der Waals surface area contributed by atoms with Gasteiger partial charge in [0.25, 0.3) is 10.1 Å². The molecule has 0 radical (unpaired) electrons. The van der Waals surface area contributed by atoms with Crippen LogP contribution in [0.15, 0.2) is 42.7 Å². The fraction of sp³-hybridized carbons (Fsp3) is 0.318. The third-order valence-corrected chi connectivity index (χ3v) is 6.72. The number of hydrogen-bond donors (Lipinski definition) is 2. The van der Waals surface area contributed by atoms with Crippen LogP contribution in [-0.2, 0) is 28.1 Å². The predicted molar refractivity (Wildman–Crippen MR) is 116 cm³/mol. The molecule has 3 aromatic rings. The van der Waals surface area contributed by atoms with Gasteiger partial charge < -0.3 is 14.7 Å². The summed E-state index contributed by atoms with van der Waals surface area (Å²) in [4.78, 5) is 17.9. The summed E-state index contributed by atoms with van der Waals surface area (Å²) < 4.78 is 38.6. The number of carbonyl (C=O) groups is 1. The highest BCUT2D eigenvalue weighted by molar-refractivity contribution is 7.85. The highest BCUT2D eigenvalue weighted by atomic mass is 32.2. The van der Waals surface area contributed by atoms with Gasteiger partial charge in [-0.15, -0.1) is 0 Å². The number of anilines is 1. The molecule has 10 heteroatoms. The van der Waals surface area contributed by atoms with Crippen molar-refractivity contribution in [3.05, 3.63) is 48.3 Å². The lowest BCUT2D eigenvalue weighted by molar-refractivity contribution is -0.695. The molecule has 0 unspecified atom stereocenters. The molecule has 1 fully saturated rings. The van der Waals surface area contributed by atoms with E-state index in [4.69, 9.17) is 19.4 Å². The summed E-state index contributed by atoms with van der Waals surface area (Å²) in [6.07, 6.45) is 4.04. The van der Waals surface area contributed by atoms with Crippen LogP contribution in [-0.4, -0.2) is 47.9 Å². The van der Waals surface area contributed by atoms with Crippen LogP contribution in [0.1, 0.15) is 12.0 Å². The Kier molecular flexibility index (Phi) is 4.98. The van der Waals surface area contributed by atoms with E-state index < -0.39 is 16.1 Å². The zero-order valence-corrected chi connectivity index (χ0v) is 18.0. The number of benzene rings is 1. The highest BCUT2D eigenvalue weighted by Gasteiger charge is 2.33. The van der Waals surface area contributed by atoms with E-state index in [1.54, 1.807) is 0 Å². The lowest BCUT2D eigenvalue weighted by atomic mass is 9.97. The zero-order chi connectivity index (χ0) is 22.5.